The minimum absolute atomic E-state index is 0.480. The van der Waals surface area contributed by atoms with E-state index in [4.69, 9.17) is 4.74 Å². The molecular formula is C15H18N2O. The van der Waals surface area contributed by atoms with Gasteiger partial charge in [0.2, 0.25) is 0 Å². The van der Waals surface area contributed by atoms with Crippen molar-refractivity contribution in [2.75, 3.05) is 7.11 Å². The fourth-order valence-corrected chi connectivity index (χ4v) is 1.65. The highest BCUT2D eigenvalue weighted by Gasteiger charge is 1.97. The van der Waals surface area contributed by atoms with Crippen molar-refractivity contribution in [1.82, 2.24) is 4.57 Å². The molecule has 0 spiro atoms. The average molecular weight is 242 g/mol. The molecule has 0 atom stereocenters. The molecule has 1 aromatic heterocycles. The number of rotatable bonds is 4. The Labute approximate surface area is 108 Å². The van der Waals surface area contributed by atoms with Gasteiger partial charge in [-0.1, -0.05) is 0 Å². The van der Waals surface area contributed by atoms with Gasteiger partial charge in [-0.2, -0.15) is 0 Å². The van der Waals surface area contributed by atoms with Gasteiger partial charge >= 0.3 is 0 Å². The topological polar surface area (TPSA) is 26.5 Å². The van der Waals surface area contributed by atoms with Crippen LogP contribution in [-0.2, 0) is 0 Å². The molecule has 0 unspecified atom stereocenters. The number of methoxy groups -OCH3 is 1. The first-order valence-corrected chi connectivity index (χ1v) is 6.04. The highest BCUT2D eigenvalue weighted by molar-refractivity contribution is 5.81. The normalized spacial score (nSPS) is 11.3. The van der Waals surface area contributed by atoms with Gasteiger partial charge < -0.3 is 9.30 Å². The maximum absolute atomic E-state index is 5.11. The van der Waals surface area contributed by atoms with E-state index in [1.54, 1.807) is 7.11 Å². The van der Waals surface area contributed by atoms with Gasteiger partial charge in [0.1, 0.15) is 5.75 Å². The van der Waals surface area contributed by atoms with Crippen molar-refractivity contribution in [2.24, 2.45) is 4.99 Å². The Bertz CT molecular complexity index is 524. The Morgan fingerprint density at radius 2 is 1.89 bits per heavy atom. The van der Waals surface area contributed by atoms with Crippen LogP contribution < -0.4 is 4.74 Å². The first-order chi connectivity index (χ1) is 8.69. The molecule has 0 bridgehead atoms. The van der Waals surface area contributed by atoms with E-state index in [0.717, 1.165) is 17.0 Å². The zero-order valence-corrected chi connectivity index (χ0v) is 11.0. The molecule has 0 N–H and O–H groups in total. The van der Waals surface area contributed by atoms with Gasteiger partial charge in [-0.05, 0) is 44.2 Å². The summed E-state index contributed by atoms with van der Waals surface area (Å²) in [5, 5.41) is 0. The highest BCUT2D eigenvalue weighted by Crippen LogP contribution is 2.17. The summed E-state index contributed by atoms with van der Waals surface area (Å²) in [5.41, 5.74) is 2.03. The van der Waals surface area contributed by atoms with Crippen LogP contribution in [0.25, 0.3) is 0 Å². The number of benzene rings is 1. The summed E-state index contributed by atoms with van der Waals surface area (Å²) in [4.78, 5) is 4.43. The number of hydrogen-bond acceptors (Lipinski definition) is 2. The summed E-state index contributed by atoms with van der Waals surface area (Å²) in [5.74, 6) is 0.847. The van der Waals surface area contributed by atoms with Gasteiger partial charge in [-0.3, -0.25) is 4.99 Å². The van der Waals surface area contributed by atoms with Crippen LogP contribution >= 0.6 is 0 Å². The number of nitrogens with zero attached hydrogens (tertiary/aromatic N) is 2. The Morgan fingerprint density at radius 3 is 2.44 bits per heavy atom. The first-order valence-electron chi connectivity index (χ1n) is 6.04. The summed E-state index contributed by atoms with van der Waals surface area (Å²) in [6.07, 6.45) is 6.04. The van der Waals surface area contributed by atoms with E-state index in [1.807, 2.05) is 30.5 Å². The van der Waals surface area contributed by atoms with Gasteiger partial charge in [0.05, 0.1) is 12.8 Å². The van der Waals surface area contributed by atoms with Gasteiger partial charge in [-0.25, -0.2) is 0 Å². The lowest BCUT2D eigenvalue weighted by atomic mass is 10.3. The zero-order chi connectivity index (χ0) is 13.0. The standard InChI is InChI=1S/C15H18N2O/c1-12(2)17-9-8-13(11-17)10-16-14-4-6-15(18-3)7-5-14/h4-12H,1-3H3. The van der Waals surface area contributed by atoms with Crippen molar-refractivity contribution in [1.29, 1.82) is 0 Å². The molecule has 3 heteroatoms. The van der Waals surface area contributed by atoms with E-state index in [-0.39, 0.29) is 0 Å². The van der Waals surface area contributed by atoms with E-state index >= 15 is 0 Å². The SMILES string of the molecule is COc1ccc(N=Cc2ccn(C(C)C)c2)cc1. The van der Waals surface area contributed by atoms with Crippen LogP contribution in [0.5, 0.6) is 5.75 Å². The summed E-state index contributed by atoms with van der Waals surface area (Å²) in [7, 11) is 1.66. The molecular weight excluding hydrogens is 224 g/mol. The number of hydrogen-bond donors (Lipinski definition) is 0. The van der Waals surface area contributed by atoms with Gasteiger partial charge in [0.25, 0.3) is 0 Å². The van der Waals surface area contributed by atoms with Crippen molar-refractivity contribution in [2.45, 2.75) is 19.9 Å². The zero-order valence-electron chi connectivity index (χ0n) is 11.0. The van der Waals surface area contributed by atoms with Crippen LogP contribution in [0.3, 0.4) is 0 Å². The molecule has 3 nitrogen and oxygen atoms in total. The van der Waals surface area contributed by atoms with Crippen LogP contribution in [-0.4, -0.2) is 17.9 Å². The third kappa shape index (κ3) is 3.00. The molecule has 94 valence electrons. The van der Waals surface area contributed by atoms with E-state index in [2.05, 4.69) is 41.9 Å². The predicted octanol–water partition coefficient (Wildman–Crippen LogP) is 3.83. The Morgan fingerprint density at radius 1 is 1.17 bits per heavy atom. The minimum Gasteiger partial charge on any atom is -0.497 e. The Balaban J connectivity index is 2.09. The smallest absolute Gasteiger partial charge is 0.119 e. The molecule has 2 rings (SSSR count). The summed E-state index contributed by atoms with van der Waals surface area (Å²) in [6.45, 7) is 4.31. The predicted molar refractivity (Wildman–Crippen MR) is 75.1 cm³/mol. The number of ether oxygens (including phenoxy) is 1. The lowest BCUT2D eigenvalue weighted by Crippen LogP contribution is -1.95. The lowest BCUT2D eigenvalue weighted by molar-refractivity contribution is 0.415. The molecule has 0 fully saturated rings. The molecule has 0 aliphatic carbocycles. The fourth-order valence-electron chi connectivity index (χ4n) is 1.65. The van der Waals surface area contributed by atoms with Crippen molar-refractivity contribution in [3.63, 3.8) is 0 Å². The number of aromatic nitrogens is 1. The van der Waals surface area contributed by atoms with E-state index in [9.17, 15) is 0 Å². The van der Waals surface area contributed by atoms with E-state index < -0.39 is 0 Å². The first kappa shape index (κ1) is 12.4. The van der Waals surface area contributed by atoms with Crippen LogP contribution in [0, 0.1) is 0 Å². The molecule has 1 aromatic carbocycles. The van der Waals surface area contributed by atoms with Crippen molar-refractivity contribution >= 4 is 11.9 Å². The third-order valence-corrected chi connectivity index (χ3v) is 2.77. The molecule has 1 heterocycles. The van der Waals surface area contributed by atoms with Crippen molar-refractivity contribution in [3.8, 4) is 5.75 Å². The molecule has 0 amide bonds. The molecule has 0 aliphatic heterocycles. The second-order valence-corrected chi connectivity index (χ2v) is 4.44. The van der Waals surface area contributed by atoms with Crippen LogP contribution in [0.2, 0.25) is 0 Å². The lowest BCUT2D eigenvalue weighted by Gasteiger charge is -2.04. The third-order valence-electron chi connectivity index (χ3n) is 2.77. The van der Waals surface area contributed by atoms with Gasteiger partial charge in [-0.15, -0.1) is 0 Å². The van der Waals surface area contributed by atoms with E-state index in [1.165, 1.54) is 0 Å². The maximum atomic E-state index is 5.11. The molecule has 0 aliphatic rings. The summed E-state index contributed by atoms with van der Waals surface area (Å²) < 4.78 is 7.27. The molecule has 2 aromatic rings. The van der Waals surface area contributed by atoms with Crippen LogP contribution in [0.4, 0.5) is 5.69 Å². The molecule has 0 radical (unpaired) electrons. The monoisotopic (exact) mass is 242 g/mol. The summed E-state index contributed by atoms with van der Waals surface area (Å²) in [6, 6.07) is 10.2. The van der Waals surface area contributed by atoms with Gasteiger partial charge in [0.15, 0.2) is 0 Å². The Kier molecular flexibility index (Phi) is 3.82. The highest BCUT2D eigenvalue weighted by atomic mass is 16.5. The van der Waals surface area contributed by atoms with Crippen molar-refractivity contribution < 1.29 is 4.74 Å². The fraction of sp³-hybridized carbons (Fsp3) is 0.267. The second kappa shape index (κ2) is 5.54. The largest absolute Gasteiger partial charge is 0.497 e. The minimum atomic E-state index is 0.480. The molecule has 0 saturated heterocycles. The maximum Gasteiger partial charge on any atom is 0.119 e. The second-order valence-electron chi connectivity index (χ2n) is 4.44. The van der Waals surface area contributed by atoms with E-state index in [0.29, 0.717) is 6.04 Å². The Hall–Kier alpha value is -2.03. The number of aliphatic imine (C=N–C) groups is 1. The quantitative estimate of drug-likeness (QED) is 0.748. The average Bonchev–Trinajstić information content (AvgIpc) is 2.86. The van der Waals surface area contributed by atoms with Crippen LogP contribution in [0.1, 0.15) is 25.5 Å². The van der Waals surface area contributed by atoms with Crippen LogP contribution in [0.15, 0.2) is 47.7 Å². The molecule has 18 heavy (non-hydrogen) atoms. The van der Waals surface area contributed by atoms with Crippen molar-refractivity contribution in [3.05, 3.63) is 48.3 Å². The summed E-state index contributed by atoms with van der Waals surface area (Å²) >= 11 is 0. The molecule has 0 saturated carbocycles. The van der Waals surface area contributed by atoms with Gasteiger partial charge in [0, 0.05) is 30.2 Å².